The van der Waals surface area contributed by atoms with Crippen molar-refractivity contribution in [3.63, 3.8) is 0 Å². The zero-order valence-corrected chi connectivity index (χ0v) is 15.7. The first kappa shape index (κ1) is 18.5. The molecule has 2 aromatic heterocycles. The summed E-state index contributed by atoms with van der Waals surface area (Å²) in [5.41, 5.74) is 3.93. The van der Waals surface area contributed by atoms with E-state index >= 15 is 0 Å². The van der Waals surface area contributed by atoms with E-state index in [0.29, 0.717) is 12.4 Å². The minimum atomic E-state index is -0.251. The molecule has 3 N–H and O–H groups in total. The minimum absolute atomic E-state index is 0.251. The molecule has 0 fully saturated rings. The van der Waals surface area contributed by atoms with E-state index in [1.807, 2.05) is 43.5 Å². The van der Waals surface area contributed by atoms with E-state index in [1.165, 1.54) is 5.56 Å². The number of rotatable bonds is 7. The molecule has 0 spiro atoms. The van der Waals surface area contributed by atoms with Gasteiger partial charge in [0.05, 0.1) is 19.0 Å². The van der Waals surface area contributed by atoms with Crippen LogP contribution >= 0.6 is 0 Å². The van der Waals surface area contributed by atoms with E-state index in [2.05, 4.69) is 25.9 Å². The molecule has 0 saturated heterocycles. The van der Waals surface area contributed by atoms with Gasteiger partial charge in [0.25, 0.3) is 0 Å². The largest absolute Gasteiger partial charge is 0.497 e. The first-order valence-corrected chi connectivity index (χ1v) is 8.79. The summed E-state index contributed by atoms with van der Waals surface area (Å²) < 4.78 is 6.89. The maximum Gasteiger partial charge on any atom is 0.320 e. The Bertz CT molecular complexity index is 915. The molecule has 1 aromatic carbocycles. The van der Waals surface area contributed by atoms with Crippen LogP contribution in [0, 0.1) is 6.92 Å². The summed E-state index contributed by atoms with van der Waals surface area (Å²) >= 11 is 0. The number of aromatic amines is 1. The number of aromatic nitrogens is 4. The quantitative estimate of drug-likeness (QED) is 0.559. The Balaban J connectivity index is 1.53. The Morgan fingerprint density at radius 3 is 2.93 bits per heavy atom. The number of amides is 2. The third-order valence-electron chi connectivity index (χ3n) is 4.33. The van der Waals surface area contributed by atoms with Crippen LogP contribution in [-0.4, -0.2) is 39.7 Å². The van der Waals surface area contributed by atoms with E-state index in [4.69, 9.17) is 4.74 Å². The maximum atomic E-state index is 12.1. The van der Waals surface area contributed by atoms with Gasteiger partial charge in [0, 0.05) is 30.9 Å². The summed E-state index contributed by atoms with van der Waals surface area (Å²) in [6.07, 6.45) is 3.54. The number of hydrogen-bond acceptors (Lipinski definition) is 4. The fourth-order valence-corrected chi connectivity index (χ4v) is 2.78. The molecule has 142 valence electrons. The number of urea groups is 1. The summed E-state index contributed by atoms with van der Waals surface area (Å²) in [6, 6.07) is 9.23. The molecule has 0 aliphatic heterocycles. The van der Waals surface area contributed by atoms with Crippen LogP contribution in [0.3, 0.4) is 0 Å². The van der Waals surface area contributed by atoms with Crippen molar-refractivity contribution in [2.24, 2.45) is 7.05 Å². The topological polar surface area (TPSA) is 96.9 Å². The molecule has 0 saturated carbocycles. The van der Waals surface area contributed by atoms with Crippen molar-refractivity contribution in [3.8, 4) is 17.0 Å². The molecule has 0 unspecified atom stereocenters. The first-order valence-electron chi connectivity index (χ1n) is 8.79. The molecule has 0 bridgehead atoms. The predicted molar refractivity (Wildman–Crippen MR) is 104 cm³/mol. The van der Waals surface area contributed by atoms with E-state index in [-0.39, 0.29) is 6.03 Å². The smallest absolute Gasteiger partial charge is 0.320 e. The number of carbonyl (C=O) groups is 1. The van der Waals surface area contributed by atoms with E-state index in [9.17, 15) is 4.79 Å². The molecule has 27 heavy (non-hydrogen) atoms. The average molecular weight is 368 g/mol. The Kier molecular flexibility index (Phi) is 5.75. The number of carbonyl (C=O) groups excluding carboxylic acids is 1. The van der Waals surface area contributed by atoms with Crippen LogP contribution in [0.1, 0.15) is 17.7 Å². The number of benzene rings is 1. The van der Waals surface area contributed by atoms with Crippen LogP contribution < -0.4 is 15.4 Å². The maximum absolute atomic E-state index is 12.1. The number of hydrogen-bond donors (Lipinski definition) is 3. The summed E-state index contributed by atoms with van der Waals surface area (Å²) in [4.78, 5) is 12.1. The Hall–Kier alpha value is -3.29. The lowest BCUT2D eigenvalue weighted by Gasteiger charge is -2.07. The lowest BCUT2D eigenvalue weighted by Crippen LogP contribution is -2.30. The summed E-state index contributed by atoms with van der Waals surface area (Å²) in [5, 5.41) is 17.1. The van der Waals surface area contributed by atoms with E-state index in [1.54, 1.807) is 18.8 Å². The molecule has 0 aliphatic carbocycles. The van der Waals surface area contributed by atoms with E-state index in [0.717, 1.165) is 35.5 Å². The van der Waals surface area contributed by atoms with Gasteiger partial charge < -0.3 is 10.1 Å². The summed E-state index contributed by atoms with van der Waals surface area (Å²) in [5.74, 6) is 1.38. The zero-order valence-electron chi connectivity index (χ0n) is 15.7. The molecular weight excluding hydrogens is 344 g/mol. The van der Waals surface area contributed by atoms with Crippen LogP contribution in [0.5, 0.6) is 5.75 Å². The van der Waals surface area contributed by atoms with Crippen molar-refractivity contribution >= 4 is 11.8 Å². The van der Waals surface area contributed by atoms with Gasteiger partial charge in [0.2, 0.25) is 0 Å². The van der Waals surface area contributed by atoms with Gasteiger partial charge >= 0.3 is 6.03 Å². The van der Waals surface area contributed by atoms with Gasteiger partial charge in [-0.1, -0.05) is 12.1 Å². The van der Waals surface area contributed by atoms with Crippen molar-refractivity contribution in [2.45, 2.75) is 19.8 Å². The highest BCUT2D eigenvalue weighted by Crippen LogP contribution is 2.24. The molecule has 3 rings (SSSR count). The Morgan fingerprint density at radius 2 is 2.19 bits per heavy atom. The lowest BCUT2D eigenvalue weighted by molar-refractivity contribution is 0.252. The second kappa shape index (κ2) is 8.39. The molecule has 8 heteroatoms. The van der Waals surface area contributed by atoms with Crippen molar-refractivity contribution in [1.29, 1.82) is 0 Å². The molecule has 8 nitrogen and oxygen atoms in total. The molecule has 0 aliphatic rings. The number of methoxy groups -OCH3 is 1. The van der Waals surface area contributed by atoms with Crippen molar-refractivity contribution in [3.05, 3.63) is 47.8 Å². The van der Waals surface area contributed by atoms with Gasteiger partial charge in [0.1, 0.15) is 11.6 Å². The first-order chi connectivity index (χ1) is 13.1. The van der Waals surface area contributed by atoms with E-state index < -0.39 is 0 Å². The number of nitrogens with zero attached hydrogens (tertiary/aromatic N) is 3. The average Bonchev–Trinajstić information content (AvgIpc) is 3.24. The Labute approximate surface area is 157 Å². The number of H-pyrrole nitrogens is 1. The van der Waals surface area contributed by atoms with Gasteiger partial charge in [-0.2, -0.15) is 10.2 Å². The van der Waals surface area contributed by atoms with Crippen LogP contribution in [-0.2, 0) is 13.5 Å². The number of ether oxygens (including phenoxy) is 1. The molecular formula is C19H24N6O2. The van der Waals surface area contributed by atoms with Crippen molar-refractivity contribution in [2.75, 3.05) is 19.0 Å². The highest BCUT2D eigenvalue weighted by molar-refractivity contribution is 5.89. The fourth-order valence-electron chi connectivity index (χ4n) is 2.78. The normalized spacial score (nSPS) is 10.6. The number of aryl methyl sites for hydroxylation is 3. The molecule has 3 aromatic rings. The Morgan fingerprint density at radius 1 is 1.33 bits per heavy atom. The van der Waals surface area contributed by atoms with Gasteiger partial charge in [-0.25, -0.2) is 4.79 Å². The summed E-state index contributed by atoms with van der Waals surface area (Å²) in [7, 11) is 3.42. The van der Waals surface area contributed by atoms with Crippen LogP contribution in [0.15, 0.2) is 36.5 Å². The number of nitrogens with one attached hydrogen (secondary N) is 3. The van der Waals surface area contributed by atoms with Crippen LogP contribution in [0.4, 0.5) is 10.6 Å². The SMILES string of the molecule is COc1cccc(-c2cc(NC(=O)NCCCc3cn[nH]c3C)n(C)n2)c1. The number of anilines is 1. The monoisotopic (exact) mass is 368 g/mol. The standard InChI is InChI=1S/C19H24N6O2/c1-13-15(12-21-23-13)7-5-9-20-19(26)22-18-11-17(24-25(18)2)14-6-4-8-16(10-14)27-3/h4,6,8,10-12H,5,7,9H2,1-3H3,(H,21,23)(H2,20,22,26). The van der Waals surface area contributed by atoms with Crippen molar-refractivity contribution in [1.82, 2.24) is 25.3 Å². The van der Waals surface area contributed by atoms with Crippen LogP contribution in [0.2, 0.25) is 0 Å². The third-order valence-corrected chi connectivity index (χ3v) is 4.33. The zero-order chi connectivity index (χ0) is 19.2. The third kappa shape index (κ3) is 4.66. The molecule has 2 amide bonds. The van der Waals surface area contributed by atoms with Gasteiger partial charge in [-0.3, -0.25) is 15.1 Å². The van der Waals surface area contributed by atoms with Crippen LogP contribution in [0.25, 0.3) is 11.3 Å². The fraction of sp³-hybridized carbons (Fsp3) is 0.316. The highest BCUT2D eigenvalue weighted by Gasteiger charge is 2.10. The second-order valence-corrected chi connectivity index (χ2v) is 6.28. The van der Waals surface area contributed by atoms with Gasteiger partial charge in [-0.05, 0) is 37.5 Å². The molecule has 0 radical (unpaired) electrons. The predicted octanol–water partition coefficient (Wildman–Crippen LogP) is 2.88. The molecule has 2 heterocycles. The molecule has 0 atom stereocenters. The summed E-state index contributed by atoms with van der Waals surface area (Å²) in [6.45, 7) is 2.57. The van der Waals surface area contributed by atoms with Gasteiger partial charge in [0.15, 0.2) is 0 Å². The second-order valence-electron chi connectivity index (χ2n) is 6.28. The van der Waals surface area contributed by atoms with Gasteiger partial charge in [-0.15, -0.1) is 0 Å². The minimum Gasteiger partial charge on any atom is -0.497 e. The van der Waals surface area contributed by atoms with Crippen molar-refractivity contribution < 1.29 is 9.53 Å². The lowest BCUT2D eigenvalue weighted by atomic mass is 10.1. The highest BCUT2D eigenvalue weighted by atomic mass is 16.5.